The first kappa shape index (κ1) is 16.0. The Morgan fingerprint density at radius 3 is 2.71 bits per heavy atom. The average Bonchev–Trinajstić information content (AvgIpc) is 3.21. The molecule has 0 spiro atoms. The van der Waals surface area contributed by atoms with Crippen LogP contribution in [0.4, 0.5) is 0 Å². The Hall–Kier alpha value is -2.90. The summed E-state index contributed by atoms with van der Waals surface area (Å²) in [6.07, 6.45) is 5.21. The largest absolute Gasteiger partial charge is 0.497 e. The van der Waals surface area contributed by atoms with E-state index < -0.39 is 5.97 Å². The van der Waals surface area contributed by atoms with E-state index in [1.54, 1.807) is 11.1 Å². The van der Waals surface area contributed by atoms with Crippen LogP contribution in [0.2, 0.25) is 0 Å². The van der Waals surface area contributed by atoms with Crippen molar-refractivity contribution in [3.63, 3.8) is 0 Å². The van der Waals surface area contributed by atoms with E-state index in [0.717, 1.165) is 18.7 Å². The van der Waals surface area contributed by atoms with Crippen molar-refractivity contribution in [2.75, 3.05) is 13.7 Å². The molecule has 0 saturated carbocycles. The summed E-state index contributed by atoms with van der Waals surface area (Å²) in [5.41, 5.74) is -0.154. The van der Waals surface area contributed by atoms with E-state index in [1.165, 1.54) is 19.2 Å². The molecule has 1 fully saturated rings. The van der Waals surface area contributed by atoms with Gasteiger partial charge in [-0.25, -0.2) is 14.8 Å². The predicted molar refractivity (Wildman–Crippen MR) is 84.0 cm³/mol. The molecule has 1 amide bonds. The van der Waals surface area contributed by atoms with Gasteiger partial charge in [-0.1, -0.05) is 0 Å². The number of imidazole rings is 1. The highest BCUT2D eigenvalue weighted by Gasteiger charge is 2.34. The molecule has 1 atom stereocenters. The standard InChI is InChI=1S/C16H18N4O4/c1-19-7-5-17-14(19)13-4-3-6-20(13)15(21)11-8-10(24-2)9-12(18-11)16(22)23/h5,7-9,13H,3-4,6H2,1-2H3,(H,22,23). The molecule has 3 rings (SSSR count). The molecule has 1 aliphatic heterocycles. The summed E-state index contributed by atoms with van der Waals surface area (Å²) in [5.74, 6) is -0.424. The van der Waals surface area contributed by atoms with Crippen LogP contribution >= 0.6 is 0 Å². The number of aromatic nitrogens is 3. The lowest BCUT2D eigenvalue weighted by atomic mass is 10.2. The van der Waals surface area contributed by atoms with E-state index in [9.17, 15) is 9.59 Å². The number of methoxy groups -OCH3 is 1. The smallest absolute Gasteiger partial charge is 0.354 e. The fourth-order valence-electron chi connectivity index (χ4n) is 2.97. The zero-order valence-electron chi connectivity index (χ0n) is 13.5. The Bertz CT molecular complexity index is 786. The number of pyridine rings is 1. The number of carbonyl (C=O) groups is 2. The van der Waals surface area contributed by atoms with Gasteiger partial charge in [0.25, 0.3) is 5.91 Å². The van der Waals surface area contributed by atoms with Crippen LogP contribution in [-0.2, 0) is 7.05 Å². The van der Waals surface area contributed by atoms with Crippen molar-refractivity contribution >= 4 is 11.9 Å². The van der Waals surface area contributed by atoms with Gasteiger partial charge in [-0.3, -0.25) is 4.79 Å². The van der Waals surface area contributed by atoms with Gasteiger partial charge in [-0.05, 0) is 12.8 Å². The van der Waals surface area contributed by atoms with E-state index in [2.05, 4.69) is 9.97 Å². The lowest BCUT2D eigenvalue weighted by Crippen LogP contribution is -2.32. The summed E-state index contributed by atoms with van der Waals surface area (Å²) in [4.78, 5) is 34.1. The van der Waals surface area contributed by atoms with Crippen LogP contribution in [0.5, 0.6) is 5.75 Å². The summed E-state index contributed by atoms with van der Waals surface area (Å²) in [5, 5.41) is 9.16. The molecule has 8 nitrogen and oxygen atoms in total. The first-order valence-corrected chi connectivity index (χ1v) is 7.59. The SMILES string of the molecule is COc1cc(C(=O)O)nc(C(=O)N2CCCC2c2nccn2C)c1. The van der Waals surface area contributed by atoms with Crippen molar-refractivity contribution in [3.05, 3.63) is 41.7 Å². The maximum Gasteiger partial charge on any atom is 0.354 e. The number of amides is 1. The number of hydrogen-bond donors (Lipinski definition) is 1. The lowest BCUT2D eigenvalue weighted by Gasteiger charge is -2.24. The number of aromatic carboxylic acids is 1. The topological polar surface area (TPSA) is 97.6 Å². The van der Waals surface area contributed by atoms with Gasteiger partial charge in [0, 0.05) is 38.1 Å². The van der Waals surface area contributed by atoms with Crippen molar-refractivity contribution in [1.82, 2.24) is 19.4 Å². The normalized spacial score (nSPS) is 17.1. The van der Waals surface area contributed by atoms with Gasteiger partial charge >= 0.3 is 5.97 Å². The van der Waals surface area contributed by atoms with Gasteiger partial charge in [0.1, 0.15) is 17.3 Å². The molecule has 1 unspecified atom stereocenters. The first-order valence-electron chi connectivity index (χ1n) is 7.59. The second kappa shape index (κ2) is 6.31. The van der Waals surface area contributed by atoms with Crippen molar-refractivity contribution in [3.8, 4) is 5.75 Å². The fraction of sp³-hybridized carbons (Fsp3) is 0.375. The third-order valence-corrected chi connectivity index (χ3v) is 4.14. The monoisotopic (exact) mass is 330 g/mol. The molecule has 1 N–H and O–H groups in total. The lowest BCUT2D eigenvalue weighted by molar-refractivity contribution is 0.0688. The van der Waals surface area contributed by atoms with E-state index in [1.807, 2.05) is 17.8 Å². The van der Waals surface area contributed by atoms with Crippen LogP contribution in [0.15, 0.2) is 24.5 Å². The number of rotatable bonds is 4. The zero-order chi connectivity index (χ0) is 17.3. The van der Waals surface area contributed by atoms with Gasteiger partial charge in [0.2, 0.25) is 0 Å². The Kier molecular flexibility index (Phi) is 4.20. The number of ether oxygens (including phenoxy) is 1. The van der Waals surface area contributed by atoms with Gasteiger partial charge in [0.15, 0.2) is 5.69 Å². The van der Waals surface area contributed by atoms with Crippen molar-refractivity contribution in [2.24, 2.45) is 7.05 Å². The van der Waals surface area contributed by atoms with E-state index in [0.29, 0.717) is 12.3 Å². The number of carboxylic acid groups (broad SMARTS) is 1. The van der Waals surface area contributed by atoms with Crippen LogP contribution in [-0.4, -0.2) is 50.1 Å². The Labute approximate surface area is 138 Å². The summed E-state index contributed by atoms with van der Waals surface area (Å²) < 4.78 is 6.97. The fourth-order valence-corrected chi connectivity index (χ4v) is 2.97. The van der Waals surface area contributed by atoms with Gasteiger partial charge < -0.3 is 19.3 Å². The molecule has 0 aliphatic carbocycles. The molecule has 0 radical (unpaired) electrons. The van der Waals surface area contributed by atoms with Crippen LogP contribution in [0, 0.1) is 0 Å². The molecule has 1 aliphatic rings. The Morgan fingerprint density at radius 1 is 1.33 bits per heavy atom. The quantitative estimate of drug-likeness (QED) is 0.912. The summed E-state index contributed by atoms with van der Waals surface area (Å²) in [7, 11) is 3.30. The van der Waals surface area contributed by atoms with Crippen LogP contribution in [0.25, 0.3) is 0 Å². The van der Waals surface area contributed by atoms with Crippen molar-refractivity contribution < 1.29 is 19.4 Å². The zero-order valence-corrected chi connectivity index (χ0v) is 13.5. The number of carbonyl (C=O) groups excluding carboxylic acids is 1. The Balaban J connectivity index is 1.95. The molecule has 8 heteroatoms. The number of likely N-dealkylation sites (tertiary alicyclic amines) is 1. The molecule has 1 saturated heterocycles. The highest BCUT2D eigenvalue weighted by atomic mass is 16.5. The van der Waals surface area contributed by atoms with Crippen LogP contribution in [0.1, 0.15) is 45.7 Å². The molecule has 3 heterocycles. The molecular weight excluding hydrogens is 312 g/mol. The minimum absolute atomic E-state index is 0.0628. The van der Waals surface area contributed by atoms with Crippen molar-refractivity contribution in [2.45, 2.75) is 18.9 Å². The maximum atomic E-state index is 12.9. The summed E-state index contributed by atoms with van der Waals surface area (Å²) in [6.45, 7) is 0.581. The maximum absolute atomic E-state index is 12.9. The molecule has 2 aromatic heterocycles. The number of carboxylic acids is 1. The van der Waals surface area contributed by atoms with Gasteiger partial charge in [-0.15, -0.1) is 0 Å². The highest BCUT2D eigenvalue weighted by Crippen LogP contribution is 2.32. The van der Waals surface area contributed by atoms with E-state index >= 15 is 0 Å². The number of hydrogen-bond acceptors (Lipinski definition) is 5. The summed E-state index contributed by atoms with van der Waals surface area (Å²) >= 11 is 0. The third-order valence-electron chi connectivity index (χ3n) is 4.14. The van der Waals surface area contributed by atoms with E-state index in [-0.39, 0.29) is 23.3 Å². The van der Waals surface area contributed by atoms with Crippen LogP contribution < -0.4 is 4.74 Å². The second-order valence-corrected chi connectivity index (χ2v) is 5.64. The van der Waals surface area contributed by atoms with Crippen molar-refractivity contribution in [1.29, 1.82) is 0 Å². The number of nitrogens with zero attached hydrogens (tertiary/aromatic N) is 4. The molecule has 0 aromatic carbocycles. The van der Waals surface area contributed by atoms with Gasteiger partial charge in [0.05, 0.1) is 13.2 Å². The highest BCUT2D eigenvalue weighted by molar-refractivity contribution is 5.95. The Morgan fingerprint density at radius 2 is 2.08 bits per heavy atom. The van der Waals surface area contributed by atoms with Crippen LogP contribution in [0.3, 0.4) is 0 Å². The molecule has 126 valence electrons. The predicted octanol–water partition coefficient (Wildman–Crippen LogP) is 1.50. The molecule has 24 heavy (non-hydrogen) atoms. The third kappa shape index (κ3) is 2.82. The van der Waals surface area contributed by atoms with E-state index in [4.69, 9.17) is 9.84 Å². The first-order chi connectivity index (χ1) is 11.5. The molecule has 2 aromatic rings. The summed E-state index contributed by atoms with van der Waals surface area (Å²) in [6, 6.07) is 2.61. The minimum Gasteiger partial charge on any atom is -0.497 e. The number of aryl methyl sites for hydroxylation is 1. The molecule has 0 bridgehead atoms. The molecular formula is C16H18N4O4. The average molecular weight is 330 g/mol. The minimum atomic E-state index is -1.20. The van der Waals surface area contributed by atoms with Gasteiger partial charge in [-0.2, -0.15) is 0 Å². The second-order valence-electron chi connectivity index (χ2n) is 5.64.